The normalized spacial score (nSPS) is 12.7. The molecule has 2 aromatic heterocycles. The van der Waals surface area contributed by atoms with Crippen LogP contribution in [0.15, 0.2) is 18.2 Å². The molecule has 32 heavy (non-hydrogen) atoms. The third kappa shape index (κ3) is 4.44. The van der Waals surface area contributed by atoms with Crippen LogP contribution < -0.4 is 9.64 Å². The van der Waals surface area contributed by atoms with E-state index in [0.29, 0.717) is 13.2 Å². The van der Waals surface area contributed by atoms with Crippen LogP contribution in [-0.4, -0.2) is 34.8 Å². The molecule has 1 aromatic carbocycles. The summed E-state index contributed by atoms with van der Waals surface area (Å²) in [4.78, 5) is 7.56. The van der Waals surface area contributed by atoms with Gasteiger partial charge in [0.15, 0.2) is 5.65 Å². The fourth-order valence-corrected chi connectivity index (χ4v) is 4.44. The molecule has 0 spiro atoms. The van der Waals surface area contributed by atoms with Crippen LogP contribution in [-0.2, 0) is 18.0 Å². The highest BCUT2D eigenvalue weighted by Crippen LogP contribution is 2.37. The van der Waals surface area contributed by atoms with Gasteiger partial charge in [0, 0.05) is 24.2 Å². The van der Waals surface area contributed by atoms with Crippen molar-refractivity contribution in [2.45, 2.75) is 66.6 Å². The zero-order valence-corrected chi connectivity index (χ0v) is 20.7. The zero-order valence-electron chi connectivity index (χ0n) is 19.9. The van der Waals surface area contributed by atoms with E-state index in [0.717, 1.165) is 65.4 Å². The summed E-state index contributed by atoms with van der Waals surface area (Å²) in [5.74, 6) is 2.03. The van der Waals surface area contributed by atoms with Crippen molar-refractivity contribution in [3.05, 3.63) is 40.7 Å². The average molecular weight is 459 g/mol. The lowest BCUT2D eigenvalue weighted by molar-refractivity contribution is 0.133. The topological polar surface area (TPSA) is 51.9 Å². The number of methoxy groups -OCH3 is 1. The first-order valence-electron chi connectivity index (χ1n) is 11.5. The molecule has 0 amide bonds. The summed E-state index contributed by atoms with van der Waals surface area (Å²) < 4.78 is 13.3. The van der Waals surface area contributed by atoms with Crippen LogP contribution in [0.2, 0.25) is 0 Å². The lowest BCUT2D eigenvalue weighted by Gasteiger charge is -2.27. The van der Waals surface area contributed by atoms with Crippen LogP contribution >= 0.6 is 12.4 Å². The number of halogens is 1. The standard InChI is InChI=1S/C25H34N4O2.ClH/c1-6-8-12-28(13-9-7-2)25-21-15-31-16-22(21)26-24-23(18(4)27-29(24)25)20-11-10-19(30-5)14-17(20)3;/h10-11,14H,6-9,12-13,15-16H2,1-5H3;1H. The number of hydrogen-bond donors (Lipinski definition) is 0. The summed E-state index contributed by atoms with van der Waals surface area (Å²) in [5.41, 5.74) is 7.57. The van der Waals surface area contributed by atoms with Gasteiger partial charge in [-0.3, -0.25) is 0 Å². The number of aromatic nitrogens is 3. The van der Waals surface area contributed by atoms with Crippen molar-refractivity contribution in [3.63, 3.8) is 0 Å². The first-order chi connectivity index (χ1) is 15.1. The summed E-state index contributed by atoms with van der Waals surface area (Å²) in [5, 5.41) is 5.01. The monoisotopic (exact) mass is 458 g/mol. The molecule has 6 nitrogen and oxygen atoms in total. The zero-order chi connectivity index (χ0) is 22.0. The van der Waals surface area contributed by atoms with Crippen molar-refractivity contribution in [1.82, 2.24) is 14.6 Å². The molecule has 7 heteroatoms. The highest BCUT2D eigenvalue weighted by molar-refractivity contribution is 5.85. The number of hydrogen-bond acceptors (Lipinski definition) is 5. The molecule has 174 valence electrons. The van der Waals surface area contributed by atoms with E-state index in [4.69, 9.17) is 19.6 Å². The van der Waals surface area contributed by atoms with E-state index in [2.05, 4.69) is 49.2 Å². The Morgan fingerprint density at radius 2 is 1.81 bits per heavy atom. The molecule has 3 aromatic rings. The van der Waals surface area contributed by atoms with Gasteiger partial charge in [-0.15, -0.1) is 12.4 Å². The van der Waals surface area contributed by atoms with Gasteiger partial charge in [-0.2, -0.15) is 9.61 Å². The predicted octanol–water partition coefficient (Wildman–Crippen LogP) is 5.88. The minimum atomic E-state index is 0. The third-order valence-corrected chi connectivity index (χ3v) is 6.15. The highest BCUT2D eigenvalue weighted by Gasteiger charge is 2.27. The first kappa shape index (κ1) is 24.3. The van der Waals surface area contributed by atoms with E-state index >= 15 is 0 Å². The maximum absolute atomic E-state index is 5.84. The van der Waals surface area contributed by atoms with Gasteiger partial charge in [0.25, 0.3) is 0 Å². The fourth-order valence-electron chi connectivity index (χ4n) is 4.44. The fraction of sp³-hybridized carbons (Fsp3) is 0.520. The quantitative estimate of drug-likeness (QED) is 0.400. The molecule has 4 rings (SSSR count). The molecule has 0 aliphatic carbocycles. The van der Waals surface area contributed by atoms with E-state index in [9.17, 15) is 0 Å². The van der Waals surface area contributed by atoms with Crippen LogP contribution in [0.3, 0.4) is 0 Å². The number of unbranched alkanes of at least 4 members (excludes halogenated alkanes) is 2. The van der Waals surface area contributed by atoms with Crippen molar-refractivity contribution in [1.29, 1.82) is 0 Å². The number of aryl methyl sites for hydroxylation is 2. The number of ether oxygens (including phenoxy) is 2. The van der Waals surface area contributed by atoms with Crippen LogP contribution in [0.1, 0.15) is 62.0 Å². The molecule has 0 N–H and O–H groups in total. The Labute approximate surface area is 197 Å². The van der Waals surface area contributed by atoms with Gasteiger partial charge < -0.3 is 14.4 Å². The van der Waals surface area contributed by atoms with Crippen LogP contribution in [0, 0.1) is 13.8 Å². The van der Waals surface area contributed by atoms with E-state index in [1.54, 1.807) is 7.11 Å². The molecule has 3 heterocycles. The van der Waals surface area contributed by atoms with Crippen molar-refractivity contribution in [2.24, 2.45) is 0 Å². The molecule has 0 unspecified atom stereocenters. The predicted molar refractivity (Wildman–Crippen MR) is 132 cm³/mol. The van der Waals surface area contributed by atoms with Crippen molar-refractivity contribution >= 4 is 23.9 Å². The summed E-state index contributed by atoms with van der Waals surface area (Å²) in [6.45, 7) is 11.9. The second kappa shape index (κ2) is 10.5. The second-order valence-corrected chi connectivity index (χ2v) is 8.42. The molecule has 0 saturated carbocycles. The minimum Gasteiger partial charge on any atom is -0.497 e. The Morgan fingerprint density at radius 1 is 1.09 bits per heavy atom. The maximum Gasteiger partial charge on any atom is 0.165 e. The minimum absolute atomic E-state index is 0. The number of anilines is 1. The summed E-state index contributed by atoms with van der Waals surface area (Å²) in [7, 11) is 1.70. The van der Waals surface area contributed by atoms with Crippen molar-refractivity contribution in [2.75, 3.05) is 25.1 Å². The Bertz CT molecular complexity index is 1070. The van der Waals surface area contributed by atoms with E-state index in [1.807, 2.05) is 6.07 Å². The summed E-state index contributed by atoms with van der Waals surface area (Å²) in [6, 6.07) is 6.21. The van der Waals surface area contributed by atoms with Crippen molar-refractivity contribution < 1.29 is 9.47 Å². The molecule has 1 aliphatic rings. The highest BCUT2D eigenvalue weighted by atomic mass is 35.5. The van der Waals surface area contributed by atoms with E-state index < -0.39 is 0 Å². The van der Waals surface area contributed by atoms with Crippen LogP contribution in [0.5, 0.6) is 5.75 Å². The van der Waals surface area contributed by atoms with E-state index in [-0.39, 0.29) is 12.4 Å². The number of nitrogens with zero attached hydrogens (tertiary/aromatic N) is 4. The van der Waals surface area contributed by atoms with Gasteiger partial charge >= 0.3 is 0 Å². The lowest BCUT2D eigenvalue weighted by Crippen LogP contribution is -2.29. The van der Waals surface area contributed by atoms with Gasteiger partial charge in [0.2, 0.25) is 0 Å². The lowest BCUT2D eigenvalue weighted by atomic mass is 10.0. The molecule has 0 fully saturated rings. The summed E-state index contributed by atoms with van der Waals surface area (Å²) in [6.07, 6.45) is 4.66. The molecular weight excluding hydrogens is 424 g/mol. The smallest absolute Gasteiger partial charge is 0.165 e. The molecular formula is C25H35ClN4O2. The summed E-state index contributed by atoms with van der Waals surface area (Å²) >= 11 is 0. The largest absolute Gasteiger partial charge is 0.497 e. The first-order valence-corrected chi connectivity index (χ1v) is 11.5. The van der Waals surface area contributed by atoms with Crippen LogP contribution in [0.25, 0.3) is 16.8 Å². The number of fused-ring (bicyclic) bond motifs is 2. The number of rotatable bonds is 9. The van der Waals surface area contributed by atoms with Gasteiger partial charge in [0.1, 0.15) is 11.6 Å². The van der Waals surface area contributed by atoms with Gasteiger partial charge in [-0.25, -0.2) is 4.98 Å². The van der Waals surface area contributed by atoms with E-state index in [1.165, 1.54) is 24.2 Å². The van der Waals surface area contributed by atoms with Gasteiger partial charge in [-0.1, -0.05) is 32.8 Å². The van der Waals surface area contributed by atoms with Crippen molar-refractivity contribution in [3.8, 4) is 16.9 Å². The Morgan fingerprint density at radius 3 is 2.44 bits per heavy atom. The number of benzene rings is 1. The Balaban J connectivity index is 0.00000289. The third-order valence-electron chi connectivity index (χ3n) is 6.15. The SMILES string of the molecule is CCCCN(CCCC)c1c2c(nc3c(-c4ccc(OC)cc4C)c(C)nn13)COC2.Cl. The molecule has 0 bridgehead atoms. The Hall–Kier alpha value is -2.31. The molecule has 0 saturated heterocycles. The van der Waals surface area contributed by atoms with Gasteiger partial charge in [-0.05, 0) is 49.9 Å². The van der Waals surface area contributed by atoms with Crippen LogP contribution in [0.4, 0.5) is 5.82 Å². The average Bonchev–Trinajstić information content (AvgIpc) is 3.36. The van der Waals surface area contributed by atoms with Gasteiger partial charge in [0.05, 0.1) is 31.7 Å². The Kier molecular flexibility index (Phi) is 8.01. The molecule has 1 aliphatic heterocycles. The second-order valence-electron chi connectivity index (χ2n) is 8.42. The molecule has 0 atom stereocenters. The molecule has 0 radical (unpaired) electrons. The maximum atomic E-state index is 5.84.